The van der Waals surface area contributed by atoms with Crippen molar-refractivity contribution in [3.63, 3.8) is 0 Å². The van der Waals surface area contributed by atoms with Gasteiger partial charge in [-0.1, -0.05) is 5.11 Å². The smallest absolute Gasteiger partial charge is 0.271 e. The van der Waals surface area contributed by atoms with Gasteiger partial charge in [-0.25, -0.2) is 4.98 Å². The fourth-order valence-corrected chi connectivity index (χ4v) is 1.63. The predicted molar refractivity (Wildman–Crippen MR) is 67.5 cm³/mol. The summed E-state index contributed by atoms with van der Waals surface area (Å²) in [4.78, 5) is 18.3. The van der Waals surface area contributed by atoms with Crippen molar-refractivity contribution >= 4 is 21.8 Å². The second kappa shape index (κ2) is 7.65. The van der Waals surface area contributed by atoms with Crippen LogP contribution in [0.4, 0.5) is 0 Å². The van der Waals surface area contributed by atoms with Crippen LogP contribution in [0.25, 0.3) is 10.4 Å². The zero-order valence-corrected chi connectivity index (χ0v) is 10.7. The van der Waals surface area contributed by atoms with E-state index < -0.39 is 0 Å². The zero-order chi connectivity index (χ0) is 12.5. The highest BCUT2D eigenvalue weighted by atomic mass is 79.9. The van der Waals surface area contributed by atoms with Crippen LogP contribution in [0.5, 0.6) is 0 Å². The van der Waals surface area contributed by atoms with Crippen molar-refractivity contribution in [1.82, 2.24) is 10.3 Å². The second-order valence-electron chi connectivity index (χ2n) is 3.25. The van der Waals surface area contributed by atoms with E-state index in [0.717, 1.165) is 12.8 Å². The molecule has 1 amide bonds. The van der Waals surface area contributed by atoms with Crippen LogP contribution in [0, 0.1) is 0 Å². The van der Waals surface area contributed by atoms with Crippen LogP contribution < -0.4 is 5.32 Å². The molecule has 0 bridgehead atoms. The average Bonchev–Trinajstić information content (AvgIpc) is 2.34. The molecule has 0 saturated heterocycles. The van der Waals surface area contributed by atoms with Gasteiger partial charge in [0.1, 0.15) is 5.69 Å². The van der Waals surface area contributed by atoms with Crippen molar-refractivity contribution in [3.8, 4) is 0 Å². The van der Waals surface area contributed by atoms with Crippen LogP contribution in [-0.4, -0.2) is 24.0 Å². The highest BCUT2D eigenvalue weighted by molar-refractivity contribution is 9.10. The average molecular weight is 298 g/mol. The highest BCUT2D eigenvalue weighted by Gasteiger charge is 2.09. The number of nitrogens with one attached hydrogen (secondary N) is 1. The Morgan fingerprint density at radius 1 is 1.59 bits per heavy atom. The molecule has 1 aromatic heterocycles. The third-order valence-corrected chi connectivity index (χ3v) is 2.65. The molecule has 17 heavy (non-hydrogen) atoms. The lowest BCUT2D eigenvalue weighted by Gasteiger charge is -2.04. The summed E-state index contributed by atoms with van der Waals surface area (Å²) >= 11 is 3.26. The van der Waals surface area contributed by atoms with Gasteiger partial charge in [-0.2, -0.15) is 0 Å². The molecule has 1 N–H and O–H groups in total. The molecular formula is C10H12BrN5O. The summed E-state index contributed by atoms with van der Waals surface area (Å²) in [7, 11) is 0. The first-order valence-electron chi connectivity index (χ1n) is 5.15. The fraction of sp³-hybridized carbons (Fsp3) is 0.400. The Hall–Kier alpha value is -1.59. The molecule has 0 aliphatic heterocycles. The number of azide groups is 1. The van der Waals surface area contributed by atoms with Crippen LogP contribution in [-0.2, 0) is 0 Å². The molecule has 0 atom stereocenters. The van der Waals surface area contributed by atoms with Crippen molar-refractivity contribution in [1.29, 1.82) is 0 Å². The van der Waals surface area contributed by atoms with Gasteiger partial charge in [0.2, 0.25) is 0 Å². The van der Waals surface area contributed by atoms with Gasteiger partial charge in [0, 0.05) is 28.7 Å². The van der Waals surface area contributed by atoms with E-state index in [9.17, 15) is 4.79 Å². The molecule has 0 fully saturated rings. The van der Waals surface area contributed by atoms with Crippen LogP contribution in [0.2, 0.25) is 0 Å². The number of carbonyl (C=O) groups is 1. The van der Waals surface area contributed by atoms with E-state index in [1.165, 1.54) is 0 Å². The summed E-state index contributed by atoms with van der Waals surface area (Å²) in [5.41, 5.74) is 8.44. The molecule has 0 unspecified atom stereocenters. The molecule has 0 radical (unpaired) electrons. The van der Waals surface area contributed by atoms with E-state index in [1.54, 1.807) is 18.3 Å². The quantitative estimate of drug-likeness (QED) is 0.378. The zero-order valence-electron chi connectivity index (χ0n) is 9.14. The first-order chi connectivity index (χ1) is 8.25. The number of halogens is 1. The Balaban J connectivity index is 2.31. The molecule has 6 nitrogen and oxygen atoms in total. The monoisotopic (exact) mass is 297 g/mol. The summed E-state index contributed by atoms with van der Waals surface area (Å²) in [6, 6.07) is 3.52. The molecule has 7 heteroatoms. The standard InChI is InChI=1S/C10H12BrN5O/c11-8-4-3-6-13-9(8)10(17)14-5-1-2-7-15-16-12/h3-4,6H,1-2,5,7H2,(H,14,17). The number of aromatic nitrogens is 1. The number of carbonyl (C=O) groups excluding carboxylic acids is 1. The molecule has 90 valence electrons. The maximum absolute atomic E-state index is 11.7. The van der Waals surface area contributed by atoms with Crippen molar-refractivity contribution in [2.45, 2.75) is 12.8 Å². The molecule has 1 heterocycles. The third kappa shape index (κ3) is 4.84. The van der Waals surface area contributed by atoms with Gasteiger partial charge in [-0.15, -0.1) is 0 Å². The van der Waals surface area contributed by atoms with Crippen LogP contribution >= 0.6 is 15.9 Å². The molecule has 0 saturated carbocycles. The molecule has 1 aromatic rings. The number of hydrogen-bond acceptors (Lipinski definition) is 3. The lowest BCUT2D eigenvalue weighted by molar-refractivity contribution is 0.0947. The van der Waals surface area contributed by atoms with Gasteiger partial charge in [0.15, 0.2) is 0 Å². The number of amides is 1. The Kier molecular flexibility index (Phi) is 6.06. The number of nitrogens with zero attached hydrogens (tertiary/aromatic N) is 4. The summed E-state index contributed by atoms with van der Waals surface area (Å²) in [5, 5.41) is 6.16. The summed E-state index contributed by atoms with van der Waals surface area (Å²) in [6.07, 6.45) is 3.10. The topological polar surface area (TPSA) is 90.8 Å². The van der Waals surface area contributed by atoms with E-state index in [2.05, 4.69) is 36.3 Å². The Labute approximate surface area is 107 Å². The number of unbranched alkanes of at least 4 members (excludes halogenated alkanes) is 1. The van der Waals surface area contributed by atoms with E-state index in [0.29, 0.717) is 23.3 Å². The summed E-state index contributed by atoms with van der Waals surface area (Å²) < 4.78 is 0.673. The first-order valence-corrected chi connectivity index (χ1v) is 5.94. The van der Waals surface area contributed by atoms with Gasteiger partial charge < -0.3 is 5.32 Å². The molecule has 0 aromatic carbocycles. The van der Waals surface area contributed by atoms with Crippen molar-refractivity contribution < 1.29 is 4.79 Å². The lowest BCUT2D eigenvalue weighted by atomic mass is 10.3. The third-order valence-electron chi connectivity index (χ3n) is 2.01. The van der Waals surface area contributed by atoms with Crippen LogP contribution in [0.1, 0.15) is 23.3 Å². The van der Waals surface area contributed by atoms with Gasteiger partial charge in [0.25, 0.3) is 5.91 Å². The molecule has 0 spiro atoms. The maximum Gasteiger partial charge on any atom is 0.271 e. The van der Waals surface area contributed by atoms with Crippen molar-refractivity contribution in [2.75, 3.05) is 13.1 Å². The summed E-state index contributed by atoms with van der Waals surface area (Å²) in [5.74, 6) is -0.207. The lowest BCUT2D eigenvalue weighted by Crippen LogP contribution is -2.25. The van der Waals surface area contributed by atoms with Crippen molar-refractivity contribution in [2.24, 2.45) is 5.11 Å². The summed E-state index contributed by atoms with van der Waals surface area (Å²) in [6.45, 7) is 1.00. The van der Waals surface area contributed by atoms with Gasteiger partial charge in [-0.3, -0.25) is 4.79 Å². The van der Waals surface area contributed by atoms with E-state index in [-0.39, 0.29) is 5.91 Å². The number of rotatable bonds is 6. The van der Waals surface area contributed by atoms with Crippen LogP contribution in [0.3, 0.4) is 0 Å². The predicted octanol–water partition coefficient (Wildman–Crippen LogP) is 2.66. The maximum atomic E-state index is 11.7. The Bertz CT molecular complexity index is 430. The molecular weight excluding hydrogens is 286 g/mol. The normalized spacial score (nSPS) is 9.47. The first kappa shape index (κ1) is 13.5. The fourth-order valence-electron chi connectivity index (χ4n) is 1.19. The molecule has 0 aliphatic carbocycles. The molecule has 0 aliphatic rings. The van der Waals surface area contributed by atoms with E-state index in [4.69, 9.17) is 5.53 Å². The van der Waals surface area contributed by atoms with Crippen LogP contribution in [0.15, 0.2) is 27.9 Å². The van der Waals surface area contributed by atoms with Gasteiger partial charge >= 0.3 is 0 Å². The number of hydrogen-bond donors (Lipinski definition) is 1. The van der Waals surface area contributed by atoms with Gasteiger partial charge in [-0.05, 0) is 46.4 Å². The van der Waals surface area contributed by atoms with Crippen molar-refractivity contribution in [3.05, 3.63) is 38.9 Å². The largest absolute Gasteiger partial charge is 0.351 e. The number of pyridine rings is 1. The Morgan fingerprint density at radius 3 is 3.12 bits per heavy atom. The van der Waals surface area contributed by atoms with E-state index in [1.807, 2.05) is 0 Å². The Morgan fingerprint density at radius 2 is 2.41 bits per heavy atom. The minimum atomic E-state index is -0.207. The van der Waals surface area contributed by atoms with Gasteiger partial charge in [0.05, 0.1) is 0 Å². The van der Waals surface area contributed by atoms with E-state index >= 15 is 0 Å². The molecule has 1 rings (SSSR count). The highest BCUT2D eigenvalue weighted by Crippen LogP contribution is 2.12. The SMILES string of the molecule is [N-]=[N+]=NCCCCNC(=O)c1ncccc1Br. The minimum Gasteiger partial charge on any atom is -0.351 e. The second-order valence-corrected chi connectivity index (χ2v) is 4.11. The minimum absolute atomic E-state index is 0.207.